The average Bonchev–Trinajstić information content (AvgIpc) is 3.73. The van der Waals surface area contributed by atoms with Crippen LogP contribution in [0, 0.1) is 23.2 Å². The average molecular weight is 544 g/mol. The van der Waals surface area contributed by atoms with E-state index in [9.17, 15) is 18.4 Å². The van der Waals surface area contributed by atoms with Crippen molar-refractivity contribution in [2.45, 2.75) is 25.8 Å². The second kappa shape index (κ2) is 12.1. The minimum atomic E-state index is -2.85. The van der Waals surface area contributed by atoms with Crippen LogP contribution in [0.1, 0.15) is 42.3 Å². The molecule has 0 spiro atoms. The number of hydrogen-bond acceptors (Lipinski definition) is 7. The smallest absolute Gasteiger partial charge is 0.280 e. The van der Waals surface area contributed by atoms with E-state index in [4.69, 9.17) is 20.6 Å². The third-order valence-electron chi connectivity index (χ3n) is 5.78. The fourth-order valence-corrected chi connectivity index (χ4v) is 4.14. The van der Waals surface area contributed by atoms with E-state index >= 15 is 0 Å². The van der Waals surface area contributed by atoms with Crippen molar-refractivity contribution in [3.8, 4) is 28.7 Å². The maximum Gasteiger partial charge on any atom is 0.280 e. The molecule has 0 unspecified atom stereocenters. The van der Waals surface area contributed by atoms with E-state index in [0.29, 0.717) is 24.6 Å². The molecule has 0 atom stereocenters. The van der Waals surface area contributed by atoms with Gasteiger partial charge >= 0.3 is 0 Å². The van der Waals surface area contributed by atoms with Gasteiger partial charge in [-0.15, -0.1) is 0 Å². The van der Waals surface area contributed by atoms with E-state index in [2.05, 4.69) is 21.8 Å². The van der Waals surface area contributed by atoms with Crippen LogP contribution in [-0.4, -0.2) is 58.8 Å². The number of rotatable bonds is 6. The number of pyridine rings is 1. The summed E-state index contributed by atoms with van der Waals surface area (Å²) < 4.78 is 37.5. The van der Waals surface area contributed by atoms with E-state index in [1.807, 2.05) is 0 Å². The monoisotopic (exact) mass is 543 g/mol. The summed E-state index contributed by atoms with van der Waals surface area (Å²) in [5.41, 5.74) is 6.62. The second-order valence-corrected chi connectivity index (χ2v) is 9.62. The zero-order chi connectivity index (χ0) is 27.2. The molecule has 2 fully saturated rings. The van der Waals surface area contributed by atoms with Gasteiger partial charge in [-0.1, -0.05) is 12.0 Å². The van der Waals surface area contributed by atoms with Crippen LogP contribution in [0.4, 0.5) is 8.78 Å². The summed E-state index contributed by atoms with van der Waals surface area (Å²) in [5.74, 6) is 5.20. The molecule has 2 aliphatic rings. The lowest BCUT2D eigenvalue weighted by Crippen LogP contribution is -2.40. The maximum absolute atomic E-state index is 13.5. The predicted molar refractivity (Wildman–Crippen MR) is 141 cm³/mol. The Morgan fingerprint density at radius 3 is 2.87 bits per heavy atom. The molecule has 0 bridgehead atoms. The zero-order valence-corrected chi connectivity index (χ0v) is 21.3. The number of halogens is 2. The Bertz CT molecular complexity index is 1360. The van der Waals surface area contributed by atoms with Gasteiger partial charge in [-0.2, -0.15) is 4.99 Å². The van der Waals surface area contributed by atoms with Crippen LogP contribution in [0.5, 0.6) is 5.75 Å². The largest absolute Gasteiger partial charge is 0.494 e. The van der Waals surface area contributed by atoms with Gasteiger partial charge in [0.1, 0.15) is 23.1 Å². The van der Waals surface area contributed by atoms with Crippen LogP contribution in [0.15, 0.2) is 35.5 Å². The number of carbonyl (C=O) groups is 2. The predicted octanol–water partition coefficient (Wildman–Crippen LogP) is 3.88. The highest BCUT2D eigenvalue weighted by molar-refractivity contribution is 8.26. The first-order valence-electron chi connectivity index (χ1n) is 11.7. The number of nitrogens with one attached hydrogen (secondary N) is 1. The summed E-state index contributed by atoms with van der Waals surface area (Å²) in [6, 6.07) is 5.94. The molecule has 1 aliphatic heterocycles. The van der Waals surface area contributed by atoms with Crippen LogP contribution in [0.25, 0.3) is 11.1 Å². The number of aromatic nitrogens is 1. The Labute approximate surface area is 223 Å². The Kier molecular flexibility index (Phi) is 8.70. The van der Waals surface area contributed by atoms with Crippen LogP contribution in [-0.2, 0) is 16.1 Å². The molecule has 3 N–H and O–H groups in total. The molecule has 200 valence electrons. The van der Waals surface area contributed by atoms with Crippen molar-refractivity contribution >= 4 is 33.8 Å². The summed E-state index contributed by atoms with van der Waals surface area (Å²) in [6.45, 7) is 1.01. The van der Waals surface area contributed by atoms with Crippen LogP contribution in [0.3, 0.4) is 0 Å². The molecule has 2 heterocycles. The lowest BCUT2D eigenvalue weighted by atomic mass is 9.96. The van der Waals surface area contributed by atoms with Gasteiger partial charge in [0.25, 0.3) is 12.3 Å². The fraction of sp³-hybridized carbons (Fsp3) is 0.346. The summed E-state index contributed by atoms with van der Waals surface area (Å²) >= 11 is 0.761. The fourth-order valence-electron chi connectivity index (χ4n) is 3.70. The molecule has 0 radical (unpaired) electrons. The van der Waals surface area contributed by atoms with Crippen molar-refractivity contribution in [3.63, 3.8) is 0 Å². The van der Waals surface area contributed by atoms with Gasteiger partial charge in [-0.25, -0.2) is 8.78 Å². The van der Waals surface area contributed by atoms with Crippen LogP contribution < -0.4 is 10.5 Å². The minimum Gasteiger partial charge on any atom is -0.494 e. The molecule has 9 nitrogen and oxygen atoms in total. The number of thioether (sulfide) groups is 1. The number of methoxy groups -OCH3 is 1. The molecule has 1 aromatic heterocycles. The summed E-state index contributed by atoms with van der Waals surface area (Å²) in [6.07, 6.45) is 0.339. The van der Waals surface area contributed by atoms with Gasteiger partial charge in [0.15, 0.2) is 5.17 Å². The number of ether oxygens (including phenoxy) is 2. The summed E-state index contributed by atoms with van der Waals surface area (Å²) in [4.78, 5) is 34.7. The van der Waals surface area contributed by atoms with Gasteiger partial charge in [0.2, 0.25) is 5.91 Å². The number of morpholine rings is 1. The van der Waals surface area contributed by atoms with Crippen LogP contribution >= 0.6 is 11.8 Å². The van der Waals surface area contributed by atoms with Crippen LogP contribution in [0.2, 0.25) is 0 Å². The molecular formula is C26H27F2N5O4S. The molecule has 2 amide bonds. The first kappa shape index (κ1) is 27.2. The van der Waals surface area contributed by atoms with Crippen molar-refractivity contribution in [1.29, 1.82) is 5.41 Å². The second-order valence-electron chi connectivity index (χ2n) is 8.59. The number of nitrogens with two attached hydrogens (primary N) is 1. The van der Waals surface area contributed by atoms with Gasteiger partial charge < -0.3 is 20.1 Å². The van der Waals surface area contributed by atoms with E-state index in [0.717, 1.165) is 36.9 Å². The molecule has 38 heavy (non-hydrogen) atoms. The normalized spacial score (nSPS) is 15.7. The number of aliphatic imine (C=N–C) groups is 1. The molecule has 2 aromatic rings. The molecule has 12 heteroatoms. The minimum absolute atomic E-state index is 0. The van der Waals surface area contributed by atoms with Crippen molar-refractivity contribution in [3.05, 3.63) is 47.3 Å². The number of alkyl halides is 2. The summed E-state index contributed by atoms with van der Waals surface area (Å²) in [7, 11) is 1.36. The first-order chi connectivity index (χ1) is 18.2. The van der Waals surface area contributed by atoms with E-state index in [-0.39, 0.29) is 53.1 Å². The number of nitrogens with zero attached hydrogens (tertiary/aromatic N) is 3. The Morgan fingerprint density at radius 2 is 2.18 bits per heavy atom. The molecule has 4 rings (SSSR count). The Hall–Kier alpha value is -3.82. The molecule has 1 saturated heterocycles. The zero-order valence-electron chi connectivity index (χ0n) is 20.5. The highest BCUT2D eigenvalue weighted by Gasteiger charge is 2.23. The van der Waals surface area contributed by atoms with Gasteiger partial charge in [-0.3, -0.25) is 20.0 Å². The highest BCUT2D eigenvalue weighted by Crippen LogP contribution is 2.36. The maximum atomic E-state index is 13.5. The third kappa shape index (κ3) is 6.93. The topological polar surface area (TPSA) is 131 Å². The van der Waals surface area contributed by atoms with E-state index in [1.54, 1.807) is 17.0 Å². The number of amidine groups is 1. The van der Waals surface area contributed by atoms with Crippen molar-refractivity contribution in [1.82, 2.24) is 9.88 Å². The summed E-state index contributed by atoms with van der Waals surface area (Å²) in [5, 5.41) is 7.73. The number of benzene rings is 1. The van der Waals surface area contributed by atoms with E-state index in [1.165, 1.54) is 13.2 Å². The molecule has 1 aliphatic carbocycles. The lowest BCUT2D eigenvalue weighted by molar-refractivity contribution is -0.143. The molecule has 1 aromatic carbocycles. The quantitative estimate of drug-likeness (QED) is 0.321. The van der Waals surface area contributed by atoms with Gasteiger partial charge in [-0.05, 0) is 59.8 Å². The standard InChI is InChI=1S/C26H25F2N5O4S.H2/c1-36-21-12-31-20(24(27)28)11-19(21)18-10-16(13-33-8-9-37-14-23(33)34)4-6-17(18)25(35)32-26(30)38-22(29)7-5-15-2-3-15;/h4,6,10-12,15,24,29H,2-3,8-9,13-14H2,1H3,(H2,30,32,35);1H. The van der Waals surface area contributed by atoms with Gasteiger partial charge in [0, 0.05) is 31.6 Å². The van der Waals surface area contributed by atoms with Crippen molar-refractivity contribution in [2.75, 3.05) is 26.9 Å². The van der Waals surface area contributed by atoms with Crippen molar-refractivity contribution in [2.24, 2.45) is 16.6 Å². The first-order valence-corrected chi connectivity index (χ1v) is 12.5. The van der Waals surface area contributed by atoms with E-state index < -0.39 is 18.0 Å². The number of carbonyl (C=O) groups excluding carboxylic acids is 2. The number of amides is 2. The SMILES string of the molecule is COc1cnc(C(F)F)cc1-c1cc(CN2CCOCC2=O)ccc1C(=O)N=C(N)SC(=N)C#CC1CC1.[HH]. The Balaban J connectivity index is 0.00000420. The van der Waals surface area contributed by atoms with Crippen molar-refractivity contribution < 1.29 is 29.3 Å². The highest BCUT2D eigenvalue weighted by atomic mass is 32.2. The third-order valence-corrected chi connectivity index (χ3v) is 6.39. The molecular weight excluding hydrogens is 516 g/mol. The van der Waals surface area contributed by atoms with Gasteiger partial charge in [0.05, 0.1) is 19.9 Å². The Morgan fingerprint density at radius 1 is 1.39 bits per heavy atom. The number of hydrogen-bond donors (Lipinski definition) is 2. The molecule has 1 saturated carbocycles. The lowest BCUT2D eigenvalue weighted by Gasteiger charge is -2.27.